The molecule has 0 saturated carbocycles. The van der Waals surface area contributed by atoms with Gasteiger partial charge in [-0.3, -0.25) is 0 Å². The largest absolute Gasteiger partial charge is 0.390 e. The van der Waals surface area contributed by atoms with Crippen LogP contribution in [0.1, 0.15) is 39.5 Å². The third kappa shape index (κ3) is 6.61. The third-order valence-corrected chi connectivity index (χ3v) is 2.68. The van der Waals surface area contributed by atoms with Crippen LogP contribution in [-0.2, 0) is 0 Å². The quantitative estimate of drug-likeness (QED) is 0.527. The summed E-state index contributed by atoms with van der Waals surface area (Å²) in [6, 6.07) is 0. The van der Waals surface area contributed by atoms with Crippen molar-refractivity contribution < 1.29 is 0 Å². The summed E-state index contributed by atoms with van der Waals surface area (Å²) in [5.74, 6) is 0. The smallest absolute Gasteiger partial charge is 0.321 e. The lowest BCUT2D eigenvalue weighted by atomic mass is 10.3. The van der Waals surface area contributed by atoms with Gasteiger partial charge in [0, 0.05) is 0 Å². The SMILES string of the molecule is CCCC[N]([AlH2])CCCC. The molecule has 0 aromatic rings. The van der Waals surface area contributed by atoms with E-state index in [1.54, 1.807) is 0 Å². The van der Waals surface area contributed by atoms with Gasteiger partial charge in [0.05, 0.1) is 0 Å². The van der Waals surface area contributed by atoms with E-state index in [1.807, 2.05) is 0 Å². The van der Waals surface area contributed by atoms with Crippen LogP contribution in [0.4, 0.5) is 0 Å². The van der Waals surface area contributed by atoms with E-state index in [1.165, 1.54) is 55.3 Å². The van der Waals surface area contributed by atoms with E-state index >= 15 is 0 Å². The lowest BCUT2D eigenvalue weighted by molar-refractivity contribution is 0.429. The zero-order chi connectivity index (χ0) is 7.82. The molecule has 0 aliphatic rings. The summed E-state index contributed by atoms with van der Waals surface area (Å²) >= 11 is 1.25. The molecule has 1 nitrogen and oxygen atoms in total. The van der Waals surface area contributed by atoms with Crippen LogP contribution in [0.3, 0.4) is 0 Å². The molecule has 0 unspecified atom stereocenters. The van der Waals surface area contributed by atoms with Crippen LogP contribution in [-0.4, -0.2) is 33.5 Å². The highest BCUT2D eigenvalue weighted by Gasteiger charge is 1.93. The molecular formula is C8H20AlN. The monoisotopic (exact) mass is 157 g/mol. The van der Waals surface area contributed by atoms with Crippen LogP contribution in [0.5, 0.6) is 0 Å². The van der Waals surface area contributed by atoms with Gasteiger partial charge in [0.1, 0.15) is 0 Å². The first-order chi connectivity index (χ1) is 4.81. The molecule has 0 N–H and O–H groups in total. The molecule has 0 rings (SSSR count). The number of nitrogens with zero attached hydrogens (tertiary/aromatic N) is 1. The Morgan fingerprint density at radius 2 is 1.40 bits per heavy atom. The zero-order valence-corrected chi connectivity index (χ0v) is 9.69. The molecule has 0 heterocycles. The van der Waals surface area contributed by atoms with Gasteiger partial charge in [-0.25, -0.2) is 0 Å². The van der Waals surface area contributed by atoms with E-state index in [0.29, 0.717) is 0 Å². The predicted octanol–water partition coefficient (Wildman–Crippen LogP) is 1.44. The fraction of sp³-hybridized carbons (Fsp3) is 1.00. The van der Waals surface area contributed by atoms with Crippen LogP contribution in [0.15, 0.2) is 0 Å². The fourth-order valence-corrected chi connectivity index (χ4v) is 1.60. The Morgan fingerprint density at radius 1 is 1.00 bits per heavy atom. The van der Waals surface area contributed by atoms with Gasteiger partial charge >= 0.3 is 16.5 Å². The molecule has 0 aliphatic heterocycles. The summed E-state index contributed by atoms with van der Waals surface area (Å²) < 4.78 is 2.56. The second kappa shape index (κ2) is 7.60. The molecule has 0 aliphatic carbocycles. The van der Waals surface area contributed by atoms with Crippen LogP contribution >= 0.6 is 0 Å². The summed E-state index contributed by atoms with van der Waals surface area (Å²) in [5.41, 5.74) is 0. The molecule has 0 amide bonds. The highest BCUT2D eigenvalue weighted by Crippen LogP contribution is 1.94. The summed E-state index contributed by atoms with van der Waals surface area (Å²) in [4.78, 5) is 0. The molecule has 0 atom stereocenters. The van der Waals surface area contributed by atoms with Crippen LogP contribution in [0.25, 0.3) is 0 Å². The Morgan fingerprint density at radius 3 is 1.70 bits per heavy atom. The Balaban J connectivity index is 3.00. The minimum atomic E-state index is 1.25. The lowest BCUT2D eigenvalue weighted by Gasteiger charge is -2.16. The van der Waals surface area contributed by atoms with E-state index in [4.69, 9.17) is 0 Å². The van der Waals surface area contributed by atoms with Crippen molar-refractivity contribution in [2.75, 3.05) is 13.1 Å². The van der Waals surface area contributed by atoms with Crippen LogP contribution in [0.2, 0.25) is 0 Å². The minimum absolute atomic E-state index is 1.25. The van der Waals surface area contributed by atoms with Gasteiger partial charge in [-0.15, -0.1) is 0 Å². The standard InChI is InChI=1S/C8H18N.Al.2H/c1-3-5-7-9-8-6-4-2;;;/h3-8H2,1-2H3;;;/q-1;+1;;. The van der Waals surface area contributed by atoms with Crippen molar-refractivity contribution in [3.8, 4) is 0 Å². The van der Waals surface area contributed by atoms with Crippen LogP contribution < -0.4 is 0 Å². The summed E-state index contributed by atoms with van der Waals surface area (Å²) in [7, 11) is 0. The average Bonchev–Trinajstić information content (AvgIpc) is 1.97. The summed E-state index contributed by atoms with van der Waals surface area (Å²) in [5, 5.41) is 0. The van der Waals surface area contributed by atoms with Gasteiger partial charge in [0.15, 0.2) is 0 Å². The number of hydrogen-bond donors (Lipinski definition) is 0. The second-order valence-corrected chi connectivity index (χ2v) is 4.28. The Hall–Kier alpha value is 0.492. The molecule has 0 radical (unpaired) electrons. The summed E-state index contributed by atoms with van der Waals surface area (Å²) in [6.07, 6.45) is 5.44. The minimum Gasteiger partial charge on any atom is -0.390 e. The normalized spacial score (nSPS) is 10.7. The van der Waals surface area contributed by atoms with Gasteiger partial charge in [-0.05, 0) is 25.9 Å². The maximum absolute atomic E-state index is 2.56. The van der Waals surface area contributed by atoms with Gasteiger partial charge in [-0.2, -0.15) is 0 Å². The molecule has 0 fully saturated rings. The maximum atomic E-state index is 2.56. The number of rotatable bonds is 6. The molecule has 0 aromatic heterocycles. The highest BCUT2D eigenvalue weighted by molar-refractivity contribution is 6.04. The maximum Gasteiger partial charge on any atom is 0.321 e. The average molecular weight is 157 g/mol. The molecule has 60 valence electrons. The second-order valence-electron chi connectivity index (χ2n) is 3.01. The van der Waals surface area contributed by atoms with E-state index in [2.05, 4.69) is 17.7 Å². The van der Waals surface area contributed by atoms with Crippen molar-refractivity contribution >= 4 is 16.5 Å². The highest BCUT2D eigenvalue weighted by atomic mass is 27.1. The first kappa shape index (κ1) is 10.5. The van der Waals surface area contributed by atoms with E-state index in [-0.39, 0.29) is 0 Å². The zero-order valence-electron chi connectivity index (χ0n) is 7.69. The van der Waals surface area contributed by atoms with Crippen molar-refractivity contribution in [3.05, 3.63) is 0 Å². The molecular weight excluding hydrogens is 137 g/mol. The number of hydrogen-bond acceptors (Lipinski definition) is 1. The Kier molecular flexibility index (Phi) is 7.97. The molecule has 0 aromatic carbocycles. The molecule has 10 heavy (non-hydrogen) atoms. The van der Waals surface area contributed by atoms with Gasteiger partial charge < -0.3 is 3.88 Å². The Bertz CT molecular complexity index is 58.3. The van der Waals surface area contributed by atoms with Crippen molar-refractivity contribution in [1.29, 1.82) is 0 Å². The van der Waals surface area contributed by atoms with Crippen molar-refractivity contribution in [2.24, 2.45) is 0 Å². The predicted molar refractivity (Wildman–Crippen MR) is 49.9 cm³/mol. The molecule has 0 saturated heterocycles. The van der Waals surface area contributed by atoms with Crippen molar-refractivity contribution in [1.82, 2.24) is 3.88 Å². The van der Waals surface area contributed by atoms with E-state index in [0.717, 1.165) is 0 Å². The first-order valence-electron chi connectivity index (χ1n) is 4.49. The van der Waals surface area contributed by atoms with Crippen LogP contribution in [0, 0.1) is 0 Å². The fourth-order valence-electron chi connectivity index (χ4n) is 0.968. The third-order valence-electron chi connectivity index (χ3n) is 1.79. The van der Waals surface area contributed by atoms with Crippen molar-refractivity contribution in [3.63, 3.8) is 0 Å². The Labute approximate surface area is 73.4 Å². The molecule has 0 spiro atoms. The van der Waals surface area contributed by atoms with Gasteiger partial charge in [0.2, 0.25) is 0 Å². The lowest BCUT2D eigenvalue weighted by Crippen LogP contribution is -2.22. The summed E-state index contributed by atoms with van der Waals surface area (Å²) in [6.45, 7) is 7.19. The van der Waals surface area contributed by atoms with Gasteiger partial charge in [0.25, 0.3) is 0 Å². The van der Waals surface area contributed by atoms with Gasteiger partial charge in [-0.1, -0.05) is 26.7 Å². The van der Waals surface area contributed by atoms with Crippen molar-refractivity contribution in [2.45, 2.75) is 39.5 Å². The first-order valence-corrected chi connectivity index (χ1v) is 5.39. The number of unbranched alkanes of at least 4 members (excludes halogenated alkanes) is 2. The van der Waals surface area contributed by atoms with E-state index in [9.17, 15) is 0 Å². The molecule has 2 heteroatoms. The molecule has 0 bridgehead atoms. The van der Waals surface area contributed by atoms with E-state index < -0.39 is 0 Å². The topological polar surface area (TPSA) is 3.24 Å².